The summed E-state index contributed by atoms with van der Waals surface area (Å²) in [7, 11) is 1.65. The number of allylic oxidation sites excluding steroid dienone is 1. The van der Waals surface area contributed by atoms with E-state index in [2.05, 4.69) is 10.3 Å². The van der Waals surface area contributed by atoms with Crippen LogP contribution in [-0.4, -0.2) is 38.9 Å². The molecule has 0 aromatic rings. The number of guanidine groups is 1. The zero-order valence-electron chi connectivity index (χ0n) is 9.11. The predicted molar refractivity (Wildman–Crippen MR) is 59.6 cm³/mol. The minimum absolute atomic E-state index is 0.165. The van der Waals surface area contributed by atoms with E-state index < -0.39 is 0 Å². The molecule has 0 saturated carbocycles. The Bertz CT molecular complexity index is 229. The van der Waals surface area contributed by atoms with Crippen LogP contribution < -0.4 is 11.1 Å². The first-order valence-electron chi connectivity index (χ1n) is 5.16. The lowest BCUT2D eigenvalue weighted by Gasteiger charge is -2.17. The maximum absolute atomic E-state index is 5.64. The van der Waals surface area contributed by atoms with E-state index in [4.69, 9.17) is 15.2 Å². The Kier molecular flexibility index (Phi) is 5.62. The molecule has 5 heteroatoms. The fourth-order valence-electron chi connectivity index (χ4n) is 1.26. The Morgan fingerprint density at radius 3 is 3.27 bits per heavy atom. The molecule has 1 aliphatic rings. The first kappa shape index (κ1) is 11.8. The van der Waals surface area contributed by atoms with E-state index in [9.17, 15) is 0 Å². The number of methoxy groups -OCH3 is 1. The molecular weight excluding hydrogens is 194 g/mol. The summed E-state index contributed by atoms with van der Waals surface area (Å²) in [6, 6.07) is 0. The van der Waals surface area contributed by atoms with E-state index in [-0.39, 0.29) is 6.10 Å². The van der Waals surface area contributed by atoms with Gasteiger partial charge in [-0.25, -0.2) is 4.99 Å². The van der Waals surface area contributed by atoms with Crippen molar-refractivity contribution in [3.05, 3.63) is 12.3 Å². The van der Waals surface area contributed by atoms with Gasteiger partial charge in [0.15, 0.2) is 5.96 Å². The van der Waals surface area contributed by atoms with E-state index >= 15 is 0 Å². The number of hydrogen-bond donors (Lipinski definition) is 2. The van der Waals surface area contributed by atoms with Gasteiger partial charge in [-0.15, -0.1) is 0 Å². The summed E-state index contributed by atoms with van der Waals surface area (Å²) in [5.41, 5.74) is 5.64. The molecule has 0 aromatic carbocycles. The normalized spacial score (nSPS) is 21.1. The summed E-state index contributed by atoms with van der Waals surface area (Å²) in [6.45, 7) is 1.91. The molecule has 0 fully saturated rings. The van der Waals surface area contributed by atoms with E-state index in [1.54, 1.807) is 13.4 Å². The Labute approximate surface area is 90.3 Å². The molecule has 1 atom stereocenters. The number of ether oxygens (including phenoxy) is 2. The average Bonchev–Trinajstić information content (AvgIpc) is 2.28. The Hall–Kier alpha value is -1.23. The molecule has 0 spiro atoms. The van der Waals surface area contributed by atoms with Gasteiger partial charge in [-0.1, -0.05) is 0 Å². The highest BCUT2D eigenvalue weighted by Crippen LogP contribution is 2.09. The molecular formula is C10H19N3O2. The van der Waals surface area contributed by atoms with Gasteiger partial charge in [0.25, 0.3) is 0 Å². The minimum Gasteiger partial charge on any atom is -0.496 e. The second-order valence-electron chi connectivity index (χ2n) is 3.35. The average molecular weight is 213 g/mol. The summed E-state index contributed by atoms with van der Waals surface area (Å²) in [5, 5.41) is 2.95. The lowest BCUT2D eigenvalue weighted by Crippen LogP contribution is -2.35. The lowest BCUT2D eigenvalue weighted by molar-refractivity contribution is 0.131. The fraction of sp³-hybridized carbons (Fsp3) is 0.700. The summed E-state index contributed by atoms with van der Waals surface area (Å²) in [4.78, 5) is 4.19. The zero-order chi connectivity index (χ0) is 10.9. The Morgan fingerprint density at radius 1 is 1.73 bits per heavy atom. The van der Waals surface area contributed by atoms with Crippen LogP contribution in [0.1, 0.15) is 12.8 Å². The topological polar surface area (TPSA) is 68.9 Å². The summed E-state index contributed by atoms with van der Waals surface area (Å²) in [5.74, 6) is 0.449. The molecule has 1 aliphatic heterocycles. The van der Waals surface area contributed by atoms with Gasteiger partial charge in [0.1, 0.15) is 6.10 Å². The number of nitrogens with zero attached hydrogens (tertiary/aromatic N) is 1. The van der Waals surface area contributed by atoms with Crippen LogP contribution >= 0.6 is 0 Å². The third-order valence-electron chi connectivity index (χ3n) is 2.10. The third kappa shape index (κ3) is 5.27. The van der Waals surface area contributed by atoms with Crippen LogP contribution in [0.4, 0.5) is 0 Å². The maximum Gasteiger partial charge on any atom is 0.188 e. The van der Waals surface area contributed by atoms with Crippen molar-refractivity contribution in [2.24, 2.45) is 10.7 Å². The van der Waals surface area contributed by atoms with Gasteiger partial charge >= 0.3 is 0 Å². The molecule has 15 heavy (non-hydrogen) atoms. The van der Waals surface area contributed by atoms with Gasteiger partial charge in [0.2, 0.25) is 0 Å². The second-order valence-corrected chi connectivity index (χ2v) is 3.35. The SMILES string of the molecule is COCCNC(N)=NCC1CCC=CO1. The van der Waals surface area contributed by atoms with Crippen molar-refractivity contribution in [1.82, 2.24) is 5.32 Å². The molecule has 1 unspecified atom stereocenters. The predicted octanol–water partition coefficient (Wildman–Crippen LogP) is 0.230. The van der Waals surface area contributed by atoms with E-state index in [1.165, 1.54) is 0 Å². The standard InChI is InChI=1S/C10H19N3O2/c1-14-7-5-12-10(11)13-8-9-4-2-3-6-15-9/h3,6,9H,2,4-5,7-8H2,1H3,(H3,11,12,13). The largest absolute Gasteiger partial charge is 0.496 e. The molecule has 1 rings (SSSR count). The zero-order valence-corrected chi connectivity index (χ0v) is 9.11. The quantitative estimate of drug-likeness (QED) is 0.390. The van der Waals surface area contributed by atoms with Crippen LogP contribution in [-0.2, 0) is 9.47 Å². The van der Waals surface area contributed by atoms with Crippen molar-refractivity contribution < 1.29 is 9.47 Å². The lowest BCUT2D eigenvalue weighted by atomic mass is 10.2. The van der Waals surface area contributed by atoms with Crippen molar-refractivity contribution in [3.8, 4) is 0 Å². The van der Waals surface area contributed by atoms with E-state index in [0.29, 0.717) is 25.7 Å². The number of hydrogen-bond acceptors (Lipinski definition) is 3. The monoisotopic (exact) mass is 213 g/mol. The summed E-state index contributed by atoms with van der Waals surface area (Å²) < 4.78 is 10.2. The van der Waals surface area contributed by atoms with Gasteiger partial charge in [0.05, 0.1) is 19.4 Å². The van der Waals surface area contributed by atoms with Crippen LogP contribution in [0, 0.1) is 0 Å². The first-order chi connectivity index (χ1) is 7.33. The molecule has 0 amide bonds. The Morgan fingerprint density at radius 2 is 2.60 bits per heavy atom. The van der Waals surface area contributed by atoms with E-state index in [0.717, 1.165) is 12.8 Å². The van der Waals surface area contributed by atoms with Crippen molar-refractivity contribution in [2.75, 3.05) is 26.8 Å². The fourth-order valence-corrected chi connectivity index (χ4v) is 1.26. The number of aliphatic imine (C=N–C) groups is 1. The molecule has 0 radical (unpaired) electrons. The second kappa shape index (κ2) is 7.11. The van der Waals surface area contributed by atoms with Gasteiger partial charge < -0.3 is 20.5 Å². The molecule has 0 bridgehead atoms. The molecule has 0 saturated heterocycles. The van der Waals surface area contributed by atoms with Gasteiger partial charge in [-0.2, -0.15) is 0 Å². The highest BCUT2D eigenvalue weighted by atomic mass is 16.5. The van der Waals surface area contributed by atoms with Crippen molar-refractivity contribution in [1.29, 1.82) is 0 Å². The van der Waals surface area contributed by atoms with Crippen LogP contribution in [0.2, 0.25) is 0 Å². The minimum atomic E-state index is 0.165. The van der Waals surface area contributed by atoms with Crippen LogP contribution in [0.15, 0.2) is 17.3 Å². The summed E-state index contributed by atoms with van der Waals surface area (Å²) >= 11 is 0. The molecule has 3 N–H and O–H groups in total. The maximum atomic E-state index is 5.64. The van der Waals surface area contributed by atoms with Crippen molar-refractivity contribution in [2.45, 2.75) is 18.9 Å². The highest BCUT2D eigenvalue weighted by Gasteiger charge is 2.09. The number of rotatable bonds is 5. The smallest absolute Gasteiger partial charge is 0.188 e. The van der Waals surface area contributed by atoms with Crippen molar-refractivity contribution >= 4 is 5.96 Å². The van der Waals surface area contributed by atoms with Gasteiger partial charge in [-0.05, 0) is 18.9 Å². The molecule has 0 aliphatic carbocycles. The molecule has 86 valence electrons. The first-order valence-corrected chi connectivity index (χ1v) is 5.16. The van der Waals surface area contributed by atoms with Crippen LogP contribution in [0.5, 0.6) is 0 Å². The van der Waals surface area contributed by atoms with Crippen LogP contribution in [0.3, 0.4) is 0 Å². The van der Waals surface area contributed by atoms with Gasteiger partial charge in [0, 0.05) is 13.7 Å². The van der Waals surface area contributed by atoms with Crippen LogP contribution in [0.25, 0.3) is 0 Å². The van der Waals surface area contributed by atoms with Crippen molar-refractivity contribution in [3.63, 3.8) is 0 Å². The molecule has 0 aromatic heterocycles. The number of nitrogens with one attached hydrogen (secondary N) is 1. The third-order valence-corrected chi connectivity index (χ3v) is 2.10. The molecule has 5 nitrogen and oxygen atoms in total. The van der Waals surface area contributed by atoms with E-state index in [1.807, 2.05) is 6.08 Å². The van der Waals surface area contributed by atoms with Gasteiger partial charge in [-0.3, -0.25) is 0 Å². The highest BCUT2D eigenvalue weighted by molar-refractivity contribution is 5.77. The summed E-state index contributed by atoms with van der Waals surface area (Å²) in [6.07, 6.45) is 5.97. The molecule has 1 heterocycles. The Balaban J connectivity index is 2.15. The number of nitrogens with two attached hydrogens (primary N) is 1.